The van der Waals surface area contributed by atoms with E-state index < -0.39 is 38.3 Å². The van der Waals surface area contributed by atoms with Gasteiger partial charge in [0, 0.05) is 6.26 Å². The third-order valence-corrected chi connectivity index (χ3v) is 4.11. The van der Waals surface area contributed by atoms with Gasteiger partial charge in [0.15, 0.2) is 14.9 Å². The summed E-state index contributed by atoms with van der Waals surface area (Å²) in [4.78, 5) is 0. The van der Waals surface area contributed by atoms with E-state index in [-0.39, 0.29) is 0 Å². The van der Waals surface area contributed by atoms with E-state index in [1.807, 2.05) is 0 Å². The van der Waals surface area contributed by atoms with Crippen molar-refractivity contribution in [1.29, 1.82) is 0 Å². The monoisotopic (exact) mass is 218 g/mol. The molecule has 0 fully saturated rings. The van der Waals surface area contributed by atoms with Crippen molar-refractivity contribution in [2.75, 3.05) is 24.6 Å². The van der Waals surface area contributed by atoms with Crippen molar-refractivity contribution in [2.45, 2.75) is 0 Å². The van der Waals surface area contributed by atoms with Crippen molar-refractivity contribution in [3.63, 3.8) is 0 Å². The molecule has 0 aromatic carbocycles. The molecule has 0 aromatic rings. The molecule has 0 amide bonds. The van der Waals surface area contributed by atoms with Crippen LogP contribution in [0.4, 0.5) is 0 Å². The smallest absolute Gasteiger partial charge is 0.281 e. The first-order valence-corrected chi connectivity index (χ1v) is 6.56. The van der Waals surface area contributed by atoms with E-state index in [9.17, 15) is 16.8 Å². The van der Waals surface area contributed by atoms with Crippen LogP contribution in [0.3, 0.4) is 0 Å². The third kappa shape index (κ3) is 6.53. The molecule has 0 aliphatic carbocycles. The summed E-state index contributed by atoms with van der Waals surface area (Å²) in [6.07, 6.45) is 0.785. The molecule has 0 unspecified atom stereocenters. The van der Waals surface area contributed by atoms with E-state index in [2.05, 4.69) is 4.18 Å². The third-order valence-electron chi connectivity index (χ3n) is 0.713. The number of aliphatic hydroxyl groups excluding tert-OH is 1. The van der Waals surface area contributed by atoms with Gasteiger partial charge in [-0.1, -0.05) is 0 Å². The van der Waals surface area contributed by atoms with Crippen LogP contribution in [0.25, 0.3) is 0 Å². The second kappa shape index (κ2) is 4.17. The lowest BCUT2D eigenvalue weighted by Gasteiger charge is -2.01. The standard InChI is InChI=1S/C4H10O6S2/c1-11(6,7)4-12(8,9)10-3-2-5/h5H,2-4H2,1H3. The van der Waals surface area contributed by atoms with Gasteiger partial charge in [-0.15, -0.1) is 0 Å². The van der Waals surface area contributed by atoms with E-state index >= 15 is 0 Å². The molecule has 0 aliphatic heterocycles. The normalized spacial score (nSPS) is 13.2. The molecular weight excluding hydrogens is 208 g/mol. The van der Waals surface area contributed by atoms with Crippen molar-refractivity contribution < 1.29 is 26.1 Å². The first-order chi connectivity index (χ1) is 5.27. The fourth-order valence-corrected chi connectivity index (χ4v) is 3.16. The van der Waals surface area contributed by atoms with Crippen LogP contribution in [0.1, 0.15) is 0 Å². The molecule has 0 saturated heterocycles. The second-order valence-corrected chi connectivity index (χ2v) is 6.29. The first-order valence-electron chi connectivity index (χ1n) is 2.92. The Bertz CT molecular complexity index is 311. The topological polar surface area (TPSA) is 97.7 Å². The minimum atomic E-state index is -4.05. The van der Waals surface area contributed by atoms with E-state index in [4.69, 9.17) is 5.11 Å². The molecule has 0 spiro atoms. The molecule has 0 rings (SSSR count). The summed E-state index contributed by atoms with van der Waals surface area (Å²) < 4.78 is 46.5. The highest BCUT2D eigenvalue weighted by Crippen LogP contribution is 1.97. The van der Waals surface area contributed by atoms with Crippen LogP contribution >= 0.6 is 0 Å². The minimum absolute atomic E-state index is 0.419. The van der Waals surface area contributed by atoms with Crippen LogP contribution < -0.4 is 0 Å². The fourth-order valence-electron chi connectivity index (χ4n) is 0.460. The molecule has 0 aromatic heterocycles. The molecule has 0 atom stereocenters. The van der Waals surface area contributed by atoms with Crippen molar-refractivity contribution in [3.8, 4) is 0 Å². The van der Waals surface area contributed by atoms with Gasteiger partial charge in [0.25, 0.3) is 10.1 Å². The predicted octanol–water partition coefficient (Wildman–Crippen LogP) is -1.67. The van der Waals surface area contributed by atoms with Gasteiger partial charge in [0.2, 0.25) is 0 Å². The Morgan fingerprint density at radius 2 is 1.75 bits per heavy atom. The number of sulfone groups is 1. The molecule has 8 heteroatoms. The maximum absolute atomic E-state index is 10.7. The molecule has 0 aliphatic rings. The van der Waals surface area contributed by atoms with Crippen LogP contribution in [0.2, 0.25) is 0 Å². The van der Waals surface area contributed by atoms with Crippen LogP contribution in [0.5, 0.6) is 0 Å². The van der Waals surface area contributed by atoms with Crippen LogP contribution in [0, 0.1) is 0 Å². The Labute approximate surface area is 71.2 Å². The quantitative estimate of drug-likeness (QED) is 0.554. The molecule has 0 bridgehead atoms. The molecular formula is C4H10O6S2. The molecule has 0 heterocycles. The summed E-state index contributed by atoms with van der Waals surface area (Å²) in [6, 6.07) is 0. The molecule has 0 radical (unpaired) electrons. The summed E-state index contributed by atoms with van der Waals surface area (Å²) in [5.74, 6) is 0. The van der Waals surface area contributed by atoms with Crippen LogP contribution in [-0.4, -0.2) is 46.5 Å². The Morgan fingerprint density at radius 3 is 2.08 bits per heavy atom. The molecule has 6 nitrogen and oxygen atoms in total. The predicted molar refractivity (Wildman–Crippen MR) is 41.7 cm³/mol. The lowest BCUT2D eigenvalue weighted by atomic mass is 10.8. The molecule has 1 N–H and O–H groups in total. The van der Waals surface area contributed by atoms with Crippen molar-refractivity contribution in [3.05, 3.63) is 0 Å². The maximum atomic E-state index is 10.7. The van der Waals surface area contributed by atoms with Gasteiger partial charge in [-0.3, -0.25) is 4.18 Å². The summed E-state index contributed by atoms with van der Waals surface area (Å²) >= 11 is 0. The van der Waals surface area contributed by atoms with Gasteiger partial charge in [0.1, 0.15) is 0 Å². The van der Waals surface area contributed by atoms with Crippen LogP contribution in [0.15, 0.2) is 0 Å². The highest BCUT2D eigenvalue weighted by Gasteiger charge is 2.18. The first kappa shape index (κ1) is 11.8. The zero-order chi connectivity index (χ0) is 9.83. The number of hydrogen-bond donors (Lipinski definition) is 1. The highest BCUT2D eigenvalue weighted by atomic mass is 32.3. The molecule has 0 saturated carbocycles. The van der Waals surface area contributed by atoms with Crippen molar-refractivity contribution in [1.82, 2.24) is 0 Å². The van der Waals surface area contributed by atoms with E-state index in [0.29, 0.717) is 0 Å². The summed E-state index contributed by atoms with van der Waals surface area (Å²) in [7, 11) is -7.66. The summed E-state index contributed by atoms with van der Waals surface area (Å²) in [5.41, 5.74) is 0. The Hall–Kier alpha value is -0.180. The number of hydrogen-bond acceptors (Lipinski definition) is 6. The average molecular weight is 218 g/mol. The lowest BCUT2D eigenvalue weighted by molar-refractivity contribution is 0.206. The zero-order valence-corrected chi connectivity index (χ0v) is 8.06. The van der Waals surface area contributed by atoms with Gasteiger partial charge < -0.3 is 5.11 Å². The van der Waals surface area contributed by atoms with Gasteiger partial charge in [0.05, 0.1) is 13.2 Å². The Kier molecular flexibility index (Phi) is 4.11. The van der Waals surface area contributed by atoms with Gasteiger partial charge in [-0.05, 0) is 0 Å². The lowest BCUT2D eigenvalue weighted by Crippen LogP contribution is -2.19. The fraction of sp³-hybridized carbons (Fsp3) is 1.00. The highest BCUT2D eigenvalue weighted by molar-refractivity contribution is 8.05. The maximum Gasteiger partial charge on any atom is 0.281 e. The van der Waals surface area contributed by atoms with E-state index in [1.165, 1.54) is 0 Å². The van der Waals surface area contributed by atoms with Gasteiger partial charge in [-0.2, -0.15) is 8.42 Å². The molecule has 12 heavy (non-hydrogen) atoms. The Morgan fingerprint density at radius 1 is 1.25 bits per heavy atom. The summed E-state index contributed by atoms with van der Waals surface area (Å²) in [6.45, 7) is -0.888. The average Bonchev–Trinajstić information content (AvgIpc) is 1.78. The SMILES string of the molecule is CS(=O)(=O)CS(=O)(=O)OCCO. The van der Waals surface area contributed by atoms with Gasteiger partial charge in [-0.25, -0.2) is 8.42 Å². The number of aliphatic hydroxyl groups is 1. The zero-order valence-electron chi connectivity index (χ0n) is 6.43. The largest absolute Gasteiger partial charge is 0.394 e. The van der Waals surface area contributed by atoms with E-state index in [1.54, 1.807) is 0 Å². The molecule has 74 valence electrons. The summed E-state index contributed by atoms with van der Waals surface area (Å²) in [5, 5.41) is 7.13. The van der Waals surface area contributed by atoms with Crippen molar-refractivity contribution in [2.24, 2.45) is 0 Å². The minimum Gasteiger partial charge on any atom is -0.394 e. The van der Waals surface area contributed by atoms with Crippen molar-refractivity contribution >= 4 is 20.0 Å². The van der Waals surface area contributed by atoms with E-state index in [0.717, 1.165) is 6.26 Å². The van der Waals surface area contributed by atoms with Gasteiger partial charge >= 0.3 is 0 Å². The Balaban J connectivity index is 4.26. The second-order valence-electron chi connectivity index (χ2n) is 2.15. The van der Waals surface area contributed by atoms with Crippen LogP contribution in [-0.2, 0) is 24.1 Å². The number of rotatable bonds is 5.